The third-order valence-corrected chi connectivity index (χ3v) is 2.89. The van der Waals surface area contributed by atoms with Gasteiger partial charge in [0.25, 0.3) is 0 Å². The molecule has 0 spiro atoms. The molecule has 0 radical (unpaired) electrons. The third-order valence-electron chi connectivity index (χ3n) is 2.89. The van der Waals surface area contributed by atoms with Crippen LogP contribution in [0.2, 0.25) is 0 Å². The molecule has 3 N–H and O–H groups in total. The Morgan fingerprint density at radius 1 is 1.39 bits per heavy atom. The minimum absolute atomic E-state index is 0.505. The van der Waals surface area contributed by atoms with Gasteiger partial charge in [0, 0.05) is 18.9 Å². The lowest BCUT2D eigenvalue weighted by Crippen LogP contribution is -2.07. The van der Waals surface area contributed by atoms with Crippen molar-refractivity contribution in [3.8, 4) is 0 Å². The lowest BCUT2D eigenvalue weighted by molar-refractivity contribution is 0.544. The highest BCUT2D eigenvalue weighted by atomic mass is 15.1. The van der Waals surface area contributed by atoms with Crippen molar-refractivity contribution < 1.29 is 0 Å². The zero-order valence-corrected chi connectivity index (χ0v) is 11.1. The highest BCUT2D eigenvalue weighted by Gasteiger charge is 2.05. The Morgan fingerprint density at radius 3 is 3.00 bits per heavy atom. The van der Waals surface area contributed by atoms with Crippen molar-refractivity contribution in [2.45, 2.75) is 33.1 Å². The molecular formula is C13H21N5. The largest absolute Gasteiger partial charge is 0.382 e. The van der Waals surface area contributed by atoms with Crippen LogP contribution in [-0.2, 0) is 0 Å². The maximum Gasteiger partial charge on any atom is 0.180 e. The second-order valence-corrected chi connectivity index (χ2v) is 4.99. The molecule has 98 valence electrons. The Hall–Kier alpha value is -1.78. The van der Waals surface area contributed by atoms with Crippen LogP contribution in [0.4, 0.5) is 11.6 Å². The van der Waals surface area contributed by atoms with Gasteiger partial charge in [-0.3, -0.25) is 0 Å². The molecule has 0 aromatic carbocycles. The van der Waals surface area contributed by atoms with Crippen molar-refractivity contribution in [3.63, 3.8) is 0 Å². The minimum Gasteiger partial charge on any atom is -0.382 e. The maximum atomic E-state index is 5.75. The van der Waals surface area contributed by atoms with E-state index < -0.39 is 0 Å². The van der Waals surface area contributed by atoms with Crippen LogP contribution in [0.1, 0.15) is 33.1 Å². The quantitative estimate of drug-likeness (QED) is 0.770. The van der Waals surface area contributed by atoms with Crippen molar-refractivity contribution in [2.75, 3.05) is 17.6 Å². The normalized spacial score (nSPS) is 11.3. The summed E-state index contributed by atoms with van der Waals surface area (Å²) in [5.41, 5.74) is 6.58. The number of nitrogens with two attached hydrogens (primary N) is 1. The number of unbranched alkanes of at least 4 members (excludes halogenated alkanes) is 1. The van der Waals surface area contributed by atoms with Gasteiger partial charge in [-0.25, -0.2) is 9.97 Å². The molecular weight excluding hydrogens is 226 g/mol. The summed E-state index contributed by atoms with van der Waals surface area (Å²) in [6.07, 6.45) is 9.04. The molecule has 18 heavy (non-hydrogen) atoms. The van der Waals surface area contributed by atoms with Crippen LogP contribution in [0.25, 0.3) is 5.65 Å². The van der Waals surface area contributed by atoms with Crippen LogP contribution in [-0.4, -0.2) is 20.9 Å². The number of nitrogens with zero attached hydrogens (tertiary/aromatic N) is 3. The van der Waals surface area contributed by atoms with E-state index in [0.717, 1.165) is 30.3 Å². The zero-order chi connectivity index (χ0) is 13.0. The minimum atomic E-state index is 0.505. The molecule has 0 saturated heterocycles. The molecule has 5 nitrogen and oxygen atoms in total. The maximum absolute atomic E-state index is 5.75. The fourth-order valence-corrected chi connectivity index (χ4v) is 1.95. The standard InChI is InChI=1S/C13H21N5/c1-10(2)5-3-4-6-15-12-13-16-7-8-18(13)9-11(14)17-12/h7-10H,3-6,14H2,1-2H3,(H,15,17). The molecule has 2 rings (SSSR count). The molecule has 0 saturated carbocycles. The van der Waals surface area contributed by atoms with E-state index in [2.05, 4.69) is 29.1 Å². The first-order valence-electron chi connectivity index (χ1n) is 6.50. The van der Waals surface area contributed by atoms with Gasteiger partial charge in [-0.15, -0.1) is 0 Å². The second-order valence-electron chi connectivity index (χ2n) is 4.99. The van der Waals surface area contributed by atoms with E-state index in [-0.39, 0.29) is 0 Å². The van der Waals surface area contributed by atoms with Gasteiger partial charge in [-0.05, 0) is 12.3 Å². The number of aromatic nitrogens is 3. The number of hydrogen-bond acceptors (Lipinski definition) is 4. The smallest absolute Gasteiger partial charge is 0.180 e. The Labute approximate surface area is 107 Å². The number of rotatable bonds is 6. The molecule has 0 aliphatic rings. The van der Waals surface area contributed by atoms with E-state index >= 15 is 0 Å². The van der Waals surface area contributed by atoms with Gasteiger partial charge in [-0.2, -0.15) is 0 Å². The summed E-state index contributed by atoms with van der Waals surface area (Å²) in [6, 6.07) is 0. The summed E-state index contributed by atoms with van der Waals surface area (Å²) in [5.74, 6) is 2.05. The number of nitrogens with one attached hydrogen (secondary N) is 1. The van der Waals surface area contributed by atoms with Crippen molar-refractivity contribution in [2.24, 2.45) is 5.92 Å². The summed E-state index contributed by atoms with van der Waals surface area (Å²) in [7, 11) is 0. The number of anilines is 2. The summed E-state index contributed by atoms with van der Waals surface area (Å²) >= 11 is 0. The van der Waals surface area contributed by atoms with Gasteiger partial charge in [-0.1, -0.05) is 26.7 Å². The molecule has 0 fully saturated rings. The van der Waals surface area contributed by atoms with Crippen molar-refractivity contribution in [3.05, 3.63) is 18.6 Å². The fourth-order valence-electron chi connectivity index (χ4n) is 1.95. The van der Waals surface area contributed by atoms with Crippen LogP contribution in [0.3, 0.4) is 0 Å². The molecule has 2 aromatic rings. The van der Waals surface area contributed by atoms with E-state index in [1.165, 1.54) is 12.8 Å². The van der Waals surface area contributed by atoms with Crippen molar-refractivity contribution >= 4 is 17.3 Å². The Bertz CT molecular complexity index is 503. The Morgan fingerprint density at radius 2 is 2.22 bits per heavy atom. The first kappa shape index (κ1) is 12.7. The average molecular weight is 247 g/mol. The highest BCUT2D eigenvalue weighted by Crippen LogP contribution is 2.15. The van der Waals surface area contributed by atoms with E-state index in [4.69, 9.17) is 5.73 Å². The van der Waals surface area contributed by atoms with Crippen LogP contribution < -0.4 is 11.1 Å². The lowest BCUT2D eigenvalue weighted by atomic mass is 10.1. The summed E-state index contributed by atoms with van der Waals surface area (Å²) in [4.78, 5) is 8.56. The molecule has 0 aliphatic heterocycles. The lowest BCUT2D eigenvalue weighted by Gasteiger charge is -2.08. The van der Waals surface area contributed by atoms with Gasteiger partial charge in [0.05, 0.1) is 6.20 Å². The second kappa shape index (κ2) is 5.71. The van der Waals surface area contributed by atoms with E-state index in [1.54, 1.807) is 12.4 Å². The molecule has 5 heteroatoms. The fraction of sp³-hybridized carbons (Fsp3) is 0.538. The van der Waals surface area contributed by atoms with Gasteiger partial charge in [0.15, 0.2) is 11.5 Å². The first-order chi connectivity index (χ1) is 8.66. The van der Waals surface area contributed by atoms with Crippen LogP contribution in [0.5, 0.6) is 0 Å². The molecule has 0 aliphatic carbocycles. The summed E-state index contributed by atoms with van der Waals surface area (Å²) in [6.45, 7) is 5.41. The Balaban J connectivity index is 1.93. The third kappa shape index (κ3) is 3.12. The summed E-state index contributed by atoms with van der Waals surface area (Å²) < 4.78 is 1.89. The predicted molar refractivity (Wildman–Crippen MR) is 74.6 cm³/mol. The van der Waals surface area contributed by atoms with Gasteiger partial charge < -0.3 is 15.5 Å². The first-order valence-corrected chi connectivity index (χ1v) is 6.50. The van der Waals surface area contributed by atoms with Crippen molar-refractivity contribution in [1.82, 2.24) is 14.4 Å². The SMILES string of the molecule is CC(C)CCCCNc1nc(N)cn2ccnc12. The number of hydrogen-bond donors (Lipinski definition) is 2. The van der Waals surface area contributed by atoms with E-state index in [1.807, 2.05) is 10.6 Å². The number of imidazole rings is 1. The monoisotopic (exact) mass is 247 g/mol. The highest BCUT2D eigenvalue weighted by molar-refractivity contribution is 5.64. The number of nitrogen functional groups attached to an aromatic ring is 1. The van der Waals surface area contributed by atoms with Gasteiger partial charge in [0.1, 0.15) is 5.82 Å². The van der Waals surface area contributed by atoms with Gasteiger partial charge in [0.2, 0.25) is 0 Å². The van der Waals surface area contributed by atoms with Crippen LogP contribution in [0, 0.1) is 5.92 Å². The summed E-state index contributed by atoms with van der Waals surface area (Å²) in [5, 5.41) is 3.31. The molecule has 0 atom stereocenters. The molecule has 0 unspecified atom stereocenters. The molecule has 2 heterocycles. The van der Waals surface area contributed by atoms with Crippen LogP contribution in [0.15, 0.2) is 18.6 Å². The Kier molecular flexibility index (Phi) is 4.02. The average Bonchev–Trinajstić information content (AvgIpc) is 2.75. The topological polar surface area (TPSA) is 68.2 Å². The zero-order valence-electron chi connectivity index (χ0n) is 11.1. The van der Waals surface area contributed by atoms with E-state index in [0.29, 0.717) is 5.82 Å². The predicted octanol–water partition coefficient (Wildman–Crippen LogP) is 2.55. The van der Waals surface area contributed by atoms with Crippen LogP contribution >= 0.6 is 0 Å². The molecule has 0 amide bonds. The molecule has 2 aromatic heterocycles. The van der Waals surface area contributed by atoms with Crippen molar-refractivity contribution in [1.29, 1.82) is 0 Å². The van der Waals surface area contributed by atoms with Gasteiger partial charge >= 0.3 is 0 Å². The number of fused-ring (bicyclic) bond motifs is 1. The molecule has 0 bridgehead atoms. The van der Waals surface area contributed by atoms with E-state index in [9.17, 15) is 0 Å².